The van der Waals surface area contributed by atoms with E-state index in [2.05, 4.69) is 4.90 Å². The molecule has 5 heteroatoms. The zero-order valence-electron chi connectivity index (χ0n) is 11.6. The number of hydrogen-bond acceptors (Lipinski definition) is 4. The van der Waals surface area contributed by atoms with Crippen LogP contribution in [-0.2, 0) is 4.74 Å². The summed E-state index contributed by atoms with van der Waals surface area (Å²) in [5, 5.41) is 9.29. The van der Waals surface area contributed by atoms with E-state index in [1.165, 1.54) is 0 Å². The summed E-state index contributed by atoms with van der Waals surface area (Å²) in [6.07, 6.45) is 1.88. The maximum Gasteiger partial charge on any atom is 0.410 e. The summed E-state index contributed by atoms with van der Waals surface area (Å²) in [4.78, 5) is 16.1. The van der Waals surface area contributed by atoms with Crippen molar-refractivity contribution >= 4 is 6.09 Å². The largest absolute Gasteiger partial charge is 0.444 e. The van der Waals surface area contributed by atoms with Crippen molar-refractivity contribution in [3.63, 3.8) is 0 Å². The summed E-state index contributed by atoms with van der Waals surface area (Å²) in [5.74, 6) is 0. The van der Waals surface area contributed by atoms with Gasteiger partial charge >= 0.3 is 6.09 Å². The summed E-state index contributed by atoms with van der Waals surface area (Å²) in [6.45, 7) is 8.15. The van der Waals surface area contributed by atoms with Crippen molar-refractivity contribution in [2.75, 3.05) is 26.2 Å². The number of fused-ring (bicyclic) bond motifs is 1. The third kappa shape index (κ3) is 2.95. The first-order valence-electron chi connectivity index (χ1n) is 6.75. The topological polar surface area (TPSA) is 53.0 Å². The Morgan fingerprint density at radius 3 is 2.67 bits per heavy atom. The molecule has 0 unspecified atom stereocenters. The molecule has 2 aliphatic rings. The first-order valence-corrected chi connectivity index (χ1v) is 6.75. The predicted octanol–water partition coefficient (Wildman–Crippen LogP) is 1.06. The Bertz CT molecular complexity index is 314. The lowest BCUT2D eigenvalue weighted by Crippen LogP contribution is -2.55. The van der Waals surface area contributed by atoms with Crippen molar-refractivity contribution in [3.05, 3.63) is 0 Å². The van der Waals surface area contributed by atoms with E-state index in [1.54, 1.807) is 4.90 Å². The number of nitrogens with zero attached hydrogens (tertiary/aromatic N) is 2. The quantitative estimate of drug-likeness (QED) is 0.762. The minimum atomic E-state index is -0.433. The van der Waals surface area contributed by atoms with E-state index in [9.17, 15) is 9.90 Å². The van der Waals surface area contributed by atoms with Crippen LogP contribution in [0.4, 0.5) is 4.79 Å². The molecule has 1 amide bonds. The van der Waals surface area contributed by atoms with Crippen LogP contribution in [0.3, 0.4) is 0 Å². The van der Waals surface area contributed by atoms with Gasteiger partial charge in [-0.05, 0) is 33.6 Å². The summed E-state index contributed by atoms with van der Waals surface area (Å²) in [5.41, 5.74) is -0.433. The van der Waals surface area contributed by atoms with Crippen LogP contribution in [-0.4, -0.2) is 64.9 Å². The van der Waals surface area contributed by atoms with Gasteiger partial charge in [0, 0.05) is 31.7 Å². The molecule has 0 saturated carbocycles. The standard InChI is InChI=1S/C13H24N2O3/c1-13(2,3)18-12(17)14-6-7-15-10(8-14)4-5-11(15)9-16/h10-11,16H,4-9H2,1-3H3/t10-,11+/m1/s1. The Hall–Kier alpha value is -0.810. The van der Waals surface area contributed by atoms with Gasteiger partial charge in [0.15, 0.2) is 0 Å². The van der Waals surface area contributed by atoms with Crippen LogP contribution in [0.15, 0.2) is 0 Å². The maximum absolute atomic E-state index is 12.0. The van der Waals surface area contributed by atoms with Crippen LogP contribution >= 0.6 is 0 Å². The van der Waals surface area contributed by atoms with Gasteiger partial charge in [0.1, 0.15) is 5.60 Å². The first kappa shape index (κ1) is 13.6. The molecule has 2 heterocycles. The maximum atomic E-state index is 12.0. The fourth-order valence-corrected chi connectivity index (χ4v) is 2.85. The van der Waals surface area contributed by atoms with Gasteiger partial charge in [-0.3, -0.25) is 4.90 Å². The average Bonchev–Trinajstić information content (AvgIpc) is 2.68. The summed E-state index contributed by atoms with van der Waals surface area (Å²) in [6, 6.07) is 0.680. The molecule has 0 spiro atoms. The second-order valence-electron chi connectivity index (χ2n) is 6.23. The summed E-state index contributed by atoms with van der Waals surface area (Å²) >= 11 is 0. The normalized spacial score (nSPS) is 29.2. The monoisotopic (exact) mass is 256 g/mol. The van der Waals surface area contributed by atoms with E-state index < -0.39 is 5.60 Å². The van der Waals surface area contributed by atoms with Gasteiger partial charge in [0.25, 0.3) is 0 Å². The molecule has 0 aromatic rings. The number of piperazine rings is 1. The average molecular weight is 256 g/mol. The fraction of sp³-hybridized carbons (Fsp3) is 0.923. The van der Waals surface area contributed by atoms with Crippen molar-refractivity contribution in [2.45, 2.75) is 51.3 Å². The second-order valence-corrected chi connectivity index (χ2v) is 6.23. The smallest absolute Gasteiger partial charge is 0.410 e. The van der Waals surface area contributed by atoms with Crippen molar-refractivity contribution in [1.82, 2.24) is 9.80 Å². The minimum absolute atomic E-state index is 0.213. The number of carbonyl (C=O) groups excluding carboxylic acids is 1. The van der Waals surface area contributed by atoms with E-state index in [-0.39, 0.29) is 18.7 Å². The highest BCUT2D eigenvalue weighted by molar-refractivity contribution is 5.68. The molecule has 18 heavy (non-hydrogen) atoms. The van der Waals surface area contributed by atoms with Crippen LogP contribution in [0.2, 0.25) is 0 Å². The Labute approximate surface area is 109 Å². The van der Waals surface area contributed by atoms with E-state index >= 15 is 0 Å². The highest BCUT2D eigenvalue weighted by Gasteiger charge is 2.39. The lowest BCUT2D eigenvalue weighted by molar-refractivity contribution is 0.00201. The van der Waals surface area contributed by atoms with Crippen LogP contribution in [0.25, 0.3) is 0 Å². The Morgan fingerprint density at radius 2 is 2.06 bits per heavy atom. The van der Waals surface area contributed by atoms with Crippen molar-refractivity contribution in [2.24, 2.45) is 0 Å². The van der Waals surface area contributed by atoms with Gasteiger partial charge in [0.2, 0.25) is 0 Å². The van der Waals surface area contributed by atoms with Crippen LogP contribution in [0.1, 0.15) is 33.6 Å². The number of carbonyl (C=O) groups is 1. The van der Waals surface area contributed by atoms with Crippen LogP contribution < -0.4 is 0 Å². The first-order chi connectivity index (χ1) is 8.40. The molecule has 2 atom stereocenters. The molecule has 2 fully saturated rings. The molecule has 0 aromatic heterocycles. The molecule has 2 saturated heterocycles. The van der Waals surface area contributed by atoms with Crippen molar-refractivity contribution in [3.8, 4) is 0 Å². The number of aliphatic hydroxyl groups is 1. The Morgan fingerprint density at radius 1 is 1.33 bits per heavy atom. The number of amides is 1. The van der Waals surface area contributed by atoms with E-state index in [0.717, 1.165) is 25.9 Å². The van der Waals surface area contributed by atoms with Crippen molar-refractivity contribution < 1.29 is 14.6 Å². The third-order valence-corrected chi connectivity index (χ3v) is 3.69. The van der Waals surface area contributed by atoms with Gasteiger partial charge in [-0.1, -0.05) is 0 Å². The van der Waals surface area contributed by atoms with Gasteiger partial charge in [-0.2, -0.15) is 0 Å². The number of ether oxygens (including phenoxy) is 1. The molecule has 0 bridgehead atoms. The molecule has 0 radical (unpaired) electrons. The molecule has 2 rings (SSSR count). The predicted molar refractivity (Wildman–Crippen MR) is 68.4 cm³/mol. The Balaban J connectivity index is 1.90. The van der Waals surface area contributed by atoms with Gasteiger partial charge in [-0.25, -0.2) is 4.79 Å². The number of aliphatic hydroxyl groups excluding tert-OH is 1. The fourth-order valence-electron chi connectivity index (χ4n) is 2.85. The molecule has 2 aliphatic heterocycles. The molecular formula is C13H24N2O3. The highest BCUT2D eigenvalue weighted by atomic mass is 16.6. The second kappa shape index (κ2) is 5.05. The number of rotatable bonds is 1. The molecule has 104 valence electrons. The molecule has 0 aliphatic carbocycles. The lowest BCUT2D eigenvalue weighted by Gasteiger charge is -2.39. The number of hydrogen-bond donors (Lipinski definition) is 1. The van der Waals surface area contributed by atoms with Crippen LogP contribution in [0, 0.1) is 0 Å². The van der Waals surface area contributed by atoms with Gasteiger partial charge in [-0.15, -0.1) is 0 Å². The zero-order chi connectivity index (χ0) is 13.3. The van der Waals surface area contributed by atoms with Gasteiger partial charge in [0.05, 0.1) is 6.61 Å². The Kier molecular flexibility index (Phi) is 3.82. The lowest BCUT2D eigenvalue weighted by atomic mass is 10.1. The van der Waals surface area contributed by atoms with E-state index in [4.69, 9.17) is 4.74 Å². The highest BCUT2D eigenvalue weighted by Crippen LogP contribution is 2.27. The third-order valence-electron chi connectivity index (χ3n) is 3.69. The molecule has 5 nitrogen and oxygen atoms in total. The minimum Gasteiger partial charge on any atom is -0.444 e. The SMILES string of the molecule is CC(C)(C)OC(=O)N1CCN2[C@H](CO)CC[C@@H]2C1. The van der Waals surface area contributed by atoms with Gasteiger partial charge < -0.3 is 14.7 Å². The van der Waals surface area contributed by atoms with Crippen LogP contribution in [0.5, 0.6) is 0 Å². The van der Waals surface area contributed by atoms with E-state index in [0.29, 0.717) is 12.6 Å². The van der Waals surface area contributed by atoms with Crippen molar-refractivity contribution in [1.29, 1.82) is 0 Å². The summed E-state index contributed by atoms with van der Waals surface area (Å²) < 4.78 is 5.40. The molecule has 0 aromatic carbocycles. The zero-order valence-corrected chi connectivity index (χ0v) is 11.6. The molecule has 1 N–H and O–H groups in total. The molecular weight excluding hydrogens is 232 g/mol. The van der Waals surface area contributed by atoms with E-state index in [1.807, 2.05) is 20.8 Å². The summed E-state index contributed by atoms with van der Waals surface area (Å²) in [7, 11) is 0.